The maximum absolute atomic E-state index is 12.6. The highest BCUT2D eigenvalue weighted by atomic mass is 16.3. The molecule has 0 bridgehead atoms. The summed E-state index contributed by atoms with van der Waals surface area (Å²) >= 11 is 0. The molecule has 0 aliphatic carbocycles. The lowest BCUT2D eigenvalue weighted by Gasteiger charge is -2.20. The molecule has 0 aromatic heterocycles. The number of nitrogens with two attached hydrogens (primary N) is 1. The Kier molecular flexibility index (Phi) is 4.30. The summed E-state index contributed by atoms with van der Waals surface area (Å²) in [4.78, 5) is 37.7. The van der Waals surface area contributed by atoms with Crippen LogP contribution in [0.1, 0.15) is 18.4 Å². The first-order chi connectivity index (χ1) is 11.5. The Hall–Kier alpha value is -2.74. The van der Waals surface area contributed by atoms with Crippen LogP contribution in [0.5, 0.6) is 5.75 Å². The van der Waals surface area contributed by atoms with Gasteiger partial charge in [0.2, 0.25) is 0 Å². The van der Waals surface area contributed by atoms with E-state index < -0.39 is 23.6 Å². The van der Waals surface area contributed by atoms with E-state index in [2.05, 4.69) is 10.0 Å². The molecule has 3 rings (SSSR count). The summed E-state index contributed by atoms with van der Waals surface area (Å²) in [7, 11) is 0. The molecule has 1 aromatic carbocycles. The number of imide groups is 1. The Morgan fingerprint density at radius 3 is 2.54 bits per heavy atom. The first-order valence-corrected chi connectivity index (χ1v) is 7.76. The second-order valence-corrected chi connectivity index (χ2v) is 5.88. The minimum Gasteiger partial charge on any atom is -0.507 e. The van der Waals surface area contributed by atoms with Gasteiger partial charge in [-0.1, -0.05) is 12.1 Å². The topological polar surface area (TPSA) is 116 Å². The van der Waals surface area contributed by atoms with Crippen molar-refractivity contribution in [1.29, 1.82) is 0 Å². The maximum Gasteiger partial charge on any atom is 0.338 e. The maximum atomic E-state index is 12.6. The van der Waals surface area contributed by atoms with Crippen LogP contribution in [0.3, 0.4) is 0 Å². The molecule has 0 radical (unpaired) electrons. The predicted molar refractivity (Wildman–Crippen MR) is 84.9 cm³/mol. The number of carbonyl (C=O) groups is 3. The van der Waals surface area contributed by atoms with Crippen molar-refractivity contribution >= 4 is 23.4 Å². The largest absolute Gasteiger partial charge is 0.507 e. The van der Waals surface area contributed by atoms with Gasteiger partial charge in [-0.25, -0.2) is 0 Å². The van der Waals surface area contributed by atoms with E-state index >= 15 is 0 Å². The zero-order valence-electron chi connectivity index (χ0n) is 13.0. The Labute approximate surface area is 138 Å². The number of amides is 3. The monoisotopic (exact) mass is 330 g/mol. The van der Waals surface area contributed by atoms with Gasteiger partial charge in [-0.3, -0.25) is 14.4 Å². The van der Waals surface area contributed by atoms with Crippen molar-refractivity contribution < 1.29 is 19.5 Å². The van der Waals surface area contributed by atoms with Crippen molar-refractivity contribution in [3.8, 4) is 5.75 Å². The van der Waals surface area contributed by atoms with Gasteiger partial charge in [0.25, 0.3) is 5.91 Å². The van der Waals surface area contributed by atoms with Crippen LogP contribution in [0.25, 0.3) is 0 Å². The van der Waals surface area contributed by atoms with Crippen LogP contribution in [0.4, 0.5) is 0 Å². The van der Waals surface area contributed by atoms with Crippen molar-refractivity contribution in [1.82, 2.24) is 9.91 Å². The lowest BCUT2D eigenvalue weighted by Crippen LogP contribution is -2.42. The molecule has 0 spiro atoms. The van der Waals surface area contributed by atoms with Crippen LogP contribution in [0, 0.1) is 5.92 Å². The Morgan fingerprint density at radius 2 is 1.92 bits per heavy atom. The third-order valence-electron chi connectivity index (χ3n) is 4.27. The van der Waals surface area contributed by atoms with E-state index in [0.29, 0.717) is 17.1 Å². The zero-order chi connectivity index (χ0) is 17.3. The van der Waals surface area contributed by atoms with Crippen LogP contribution in [0.15, 0.2) is 29.4 Å². The van der Waals surface area contributed by atoms with Gasteiger partial charge >= 0.3 is 11.8 Å². The van der Waals surface area contributed by atoms with Crippen LogP contribution < -0.4 is 5.73 Å². The Balaban J connectivity index is 1.97. The number of primary amides is 1. The van der Waals surface area contributed by atoms with Crippen molar-refractivity contribution in [2.24, 2.45) is 16.8 Å². The van der Waals surface area contributed by atoms with Gasteiger partial charge in [-0.05, 0) is 38.1 Å². The van der Waals surface area contributed by atoms with Crippen molar-refractivity contribution in [3.05, 3.63) is 29.8 Å². The summed E-state index contributed by atoms with van der Waals surface area (Å²) in [5, 5.41) is 14.6. The summed E-state index contributed by atoms with van der Waals surface area (Å²) in [6.45, 7) is 2.11. The summed E-state index contributed by atoms with van der Waals surface area (Å²) in [6, 6.07) is 6.45. The van der Waals surface area contributed by atoms with Gasteiger partial charge in [0.15, 0.2) is 0 Å². The van der Waals surface area contributed by atoms with Gasteiger partial charge in [0.1, 0.15) is 5.75 Å². The van der Waals surface area contributed by atoms with Crippen molar-refractivity contribution in [2.75, 3.05) is 19.6 Å². The molecule has 0 saturated carbocycles. The van der Waals surface area contributed by atoms with E-state index in [-0.39, 0.29) is 11.5 Å². The number of phenolic OH excluding ortho intramolecular Hbond substituents is 1. The third kappa shape index (κ3) is 2.88. The first kappa shape index (κ1) is 16.1. The Morgan fingerprint density at radius 1 is 1.25 bits per heavy atom. The number of para-hydroxylation sites is 1. The number of rotatable bonds is 3. The fourth-order valence-electron chi connectivity index (χ4n) is 3.06. The molecule has 24 heavy (non-hydrogen) atoms. The van der Waals surface area contributed by atoms with E-state index in [9.17, 15) is 19.5 Å². The fraction of sp³-hybridized carbons (Fsp3) is 0.375. The molecule has 2 aliphatic heterocycles. The average molecular weight is 330 g/mol. The fourth-order valence-corrected chi connectivity index (χ4v) is 3.06. The minimum atomic E-state index is -1.24. The third-order valence-corrected chi connectivity index (χ3v) is 4.27. The SMILES string of the molecule is NC(=O)C(=O)N1N=C(c2ccccc2O)[C@H](CN2CCCC2)C1=O. The van der Waals surface area contributed by atoms with Crippen LogP contribution >= 0.6 is 0 Å². The normalized spacial score (nSPS) is 21.2. The van der Waals surface area contributed by atoms with Crippen molar-refractivity contribution in [2.45, 2.75) is 12.8 Å². The molecule has 0 unspecified atom stereocenters. The quantitative estimate of drug-likeness (QED) is 0.736. The number of phenols is 1. The number of aromatic hydroxyl groups is 1. The van der Waals surface area contributed by atoms with Gasteiger partial charge < -0.3 is 15.7 Å². The highest BCUT2D eigenvalue weighted by Gasteiger charge is 2.42. The molecule has 1 aromatic rings. The summed E-state index contributed by atoms with van der Waals surface area (Å²) in [5.41, 5.74) is 5.64. The van der Waals surface area contributed by atoms with E-state index in [1.165, 1.54) is 6.07 Å². The molecule has 2 heterocycles. The number of hydrogen-bond donors (Lipinski definition) is 2. The first-order valence-electron chi connectivity index (χ1n) is 7.76. The van der Waals surface area contributed by atoms with Crippen LogP contribution in [-0.4, -0.2) is 58.1 Å². The second kappa shape index (κ2) is 6.40. The average Bonchev–Trinajstić information content (AvgIpc) is 3.17. The number of benzene rings is 1. The molecule has 3 amide bonds. The van der Waals surface area contributed by atoms with Crippen LogP contribution in [-0.2, 0) is 14.4 Å². The summed E-state index contributed by atoms with van der Waals surface area (Å²) in [5.74, 6) is -3.77. The molecular formula is C16H18N4O4. The lowest BCUT2D eigenvalue weighted by molar-refractivity contribution is -0.151. The lowest BCUT2D eigenvalue weighted by atomic mass is 9.95. The smallest absolute Gasteiger partial charge is 0.338 e. The van der Waals surface area contributed by atoms with E-state index in [1.54, 1.807) is 18.2 Å². The van der Waals surface area contributed by atoms with Gasteiger partial charge in [0, 0.05) is 12.1 Å². The molecule has 8 heteroatoms. The van der Waals surface area contributed by atoms with E-state index in [0.717, 1.165) is 25.9 Å². The summed E-state index contributed by atoms with van der Waals surface area (Å²) < 4.78 is 0. The van der Waals surface area contributed by atoms with Gasteiger partial charge in [0.05, 0.1) is 11.6 Å². The molecule has 2 aliphatic rings. The molecular weight excluding hydrogens is 312 g/mol. The zero-order valence-corrected chi connectivity index (χ0v) is 13.0. The highest BCUT2D eigenvalue weighted by Crippen LogP contribution is 2.28. The molecule has 3 N–H and O–H groups in total. The highest BCUT2D eigenvalue weighted by molar-refractivity contribution is 6.39. The number of carbonyl (C=O) groups excluding carboxylic acids is 3. The van der Waals surface area contributed by atoms with Crippen molar-refractivity contribution in [3.63, 3.8) is 0 Å². The number of hydrogen-bond acceptors (Lipinski definition) is 6. The van der Waals surface area contributed by atoms with E-state index in [1.807, 2.05) is 0 Å². The standard InChI is InChI=1S/C16H18N4O4/c17-14(22)16(24)20-15(23)11(9-19-7-3-4-8-19)13(18-20)10-5-1-2-6-12(10)21/h1-2,5-6,11,21H,3-4,7-9H2,(H2,17,22)/t11-/m0/s1. The van der Waals surface area contributed by atoms with E-state index in [4.69, 9.17) is 5.73 Å². The minimum absolute atomic E-state index is 0.0381. The second-order valence-electron chi connectivity index (χ2n) is 5.88. The molecule has 1 fully saturated rings. The molecule has 8 nitrogen and oxygen atoms in total. The number of hydrazone groups is 1. The van der Waals surface area contributed by atoms with Gasteiger partial charge in [-0.15, -0.1) is 0 Å². The van der Waals surface area contributed by atoms with Gasteiger partial charge in [-0.2, -0.15) is 10.1 Å². The summed E-state index contributed by atoms with van der Waals surface area (Å²) in [6.07, 6.45) is 2.10. The molecule has 1 saturated heterocycles. The number of nitrogens with zero attached hydrogens (tertiary/aromatic N) is 3. The Bertz CT molecular complexity index is 725. The molecule has 126 valence electrons. The van der Waals surface area contributed by atoms with Crippen LogP contribution in [0.2, 0.25) is 0 Å². The number of likely N-dealkylation sites (tertiary alicyclic amines) is 1. The predicted octanol–water partition coefficient (Wildman–Crippen LogP) is -0.338. The molecule has 1 atom stereocenters.